The minimum absolute atomic E-state index is 0.0818. The fraction of sp³-hybridized carbons (Fsp3) is 0.286. The number of nitro groups is 1. The van der Waals surface area contributed by atoms with Crippen molar-refractivity contribution in [1.29, 1.82) is 0 Å². The molecule has 0 radical (unpaired) electrons. The van der Waals surface area contributed by atoms with Crippen LogP contribution in [0.4, 0.5) is 17.1 Å². The Morgan fingerprint density at radius 2 is 1.86 bits per heavy atom. The fourth-order valence-corrected chi connectivity index (χ4v) is 4.75. The molecule has 1 aromatic heterocycles. The average molecular weight is 519 g/mol. The summed E-state index contributed by atoms with van der Waals surface area (Å²) in [4.78, 5) is 31.1. The van der Waals surface area contributed by atoms with Crippen LogP contribution in [-0.4, -0.2) is 28.9 Å². The van der Waals surface area contributed by atoms with E-state index in [1.165, 1.54) is 6.07 Å². The Hall–Kier alpha value is -3.91. The highest BCUT2D eigenvalue weighted by Crippen LogP contribution is 2.34. The van der Waals surface area contributed by atoms with Gasteiger partial charge in [-0.25, -0.2) is 4.98 Å². The molecule has 8 nitrogen and oxygen atoms in total. The number of hydrogen-bond acceptors (Lipinski definition) is 6. The van der Waals surface area contributed by atoms with Crippen LogP contribution in [0.3, 0.4) is 0 Å². The molecule has 190 valence electrons. The van der Waals surface area contributed by atoms with Crippen molar-refractivity contribution < 1.29 is 14.1 Å². The second-order valence-corrected chi connectivity index (χ2v) is 9.97. The van der Waals surface area contributed by atoms with Crippen LogP contribution in [0.25, 0.3) is 22.6 Å². The molecule has 3 aromatic carbocycles. The lowest BCUT2D eigenvalue weighted by Gasteiger charge is -2.28. The monoisotopic (exact) mass is 518 g/mol. The summed E-state index contributed by atoms with van der Waals surface area (Å²) in [5.74, 6) is 0.280. The number of nitrogens with zero attached hydrogens (tertiary/aromatic N) is 3. The molecule has 1 N–H and O–H groups in total. The number of nitrogens with one attached hydrogen (secondary N) is 1. The summed E-state index contributed by atoms with van der Waals surface area (Å²) in [7, 11) is 0. The van der Waals surface area contributed by atoms with Gasteiger partial charge in [0.25, 0.3) is 11.6 Å². The number of oxazole rings is 1. The third-order valence-electron chi connectivity index (χ3n) is 6.67. The van der Waals surface area contributed by atoms with Gasteiger partial charge in [-0.1, -0.05) is 31.5 Å². The predicted octanol–water partition coefficient (Wildman–Crippen LogP) is 7.42. The van der Waals surface area contributed by atoms with Gasteiger partial charge in [0.15, 0.2) is 5.58 Å². The van der Waals surface area contributed by atoms with Crippen LogP contribution in [0.15, 0.2) is 59.0 Å². The van der Waals surface area contributed by atoms with Gasteiger partial charge in [0, 0.05) is 30.3 Å². The number of piperidine rings is 1. The molecule has 0 atom stereocenters. The number of carbonyl (C=O) groups excluding carboxylic acids is 1. The maximum Gasteiger partial charge on any atom is 0.293 e. The molecule has 37 heavy (non-hydrogen) atoms. The van der Waals surface area contributed by atoms with Crippen molar-refractivity contribution in [3.05, 3.63) is 80.9 Å². The summed E-state index contributed by atoms with van der Waals surface area (Å²) in [6.45, 7) is 5.77. The Morgan fingerprint density at radius 3 is 2.59 bits per heavy atom. The lowest BCUT2D eigenvalue weighted by atomic mass is 10.0. The normalized spacial score (nSPS) is 13.8. The van der Waals surface area contributed by atoms with Gasteiger partial charge in [-0.2, -0.15) is 0 Å². The Labute approximate surface area is 219 Å². The smallest absolute Gasteiger partial charge is 0.293 e. The molecular formula is C28H27ClN4O4. The zero-order valence-electron chi connectivity index (χ0n) is 20.7. The zero-order valence-corrected chi connectivity index (χ0v) is 21.4. The zero-order chi connectivity index (χ0) is 26.1. The van der Waals surface area contributed by atoms with Crippen molar-refractivity contribution in [3.8, 4) is 11.5 Å². The number of hydrogen-bond donors (Lipinski definition) is 1. The summed E-state index contributed by atoms with van der Waals surface area (Å²) in [6.07, 6.45) is 3.10. The van der Waals surface area contributed by atoms with E-state index in [9.17, 15) is 14.9 Å². The number of halogens is 1. The first-order chi connectivity index (χ1) is 17.8. The third-order valence-corrected chi connectivity index (χ3v) is 7.00. The van der Waals surface area contributed by atoms with Gasteiger partial charge in [-0.15, -0.1) is 0 Å². The van der Waals surface area contributed by atoms with Crippen LogP contribution in [0.5, 0.6) is 0 Å². The molecule has 0 bridgehead atoms. The summed E-state index contributed by atoms with van der Waals surface area (Å²) < 4.78 is 5.94. The Balaban J connectivity index is 1.41. The van der Waals surface area contributed by atoms with Gasteiger partial charge in [-0.05, 0) is 73.2 Å². The molecule has 0 unspecified atom stereocenters. The largest absolute Gasteiger partial charge is 0.436 e. The number of amides is 1. The minimum Gasteiger partial charge on any atom is -0.436 e. The van der Waals surface area contributed by atoms with Gasteiger partial charge in [-0.3, -0.25) is 14.9 Å². The molecule has 4 aromatic rings. The second-order valence-electron chi connectivity index (χ2n) is 9.56. The SMILES string of the molecule is CC(C)c1ccc2oc(-c3ccc(Cl)c(NC(=O)c4ccc(N5CCCCC5)c([N+](=O)[O-])c4)c3)nc2c1. The number of benzene rings is 3. The Kier molecular flexibility index (Phi) is 6.84. The van der Waals surface area contributed by atoms with Crippen LogP contribution in [0.2, 0.25) is 5.02 Å². The Morgan fingerprint density at radius 1 is 1.08 bits per heavy atom. The van der Waals surface area contributed by atoms with Crippen LogP contribution < -0.4 is 10.2 Å². The number of nitro benzene ring substituents is 1. The summed E-state index contributed by atoms with van der Waals surface area (Å²) >= 11 is 6.38. The first-order valence-corrected chi connectivity index (χ1v) is 12.7. The molecule has 1 saturated heterocycles. The van der Waals surface area contributed by atoms with E-state index in [0.29, 0.717) is 39.4 Å². The number of rotatable bonds is 6. The van der Waals surface area contributed by atoms with Gasteiger partial charge >= 0.3 is 0 Å². The fourth-order valence-electron chi connectivity index (χ4n) is 4.59. The lowest BCUT2D eigenvalue weighted by molar-refractivity contribution is -0.384. The molecule has 1 amide bonds. The molecule has 0 saturated carbocycles. The van der Waals surface area contributed by atoms with Crippen molar-refractivity contribution in [1.82, 2.24) is 4.98 Å². The van der Waals surface area contributed by atoms with Gasteiger partial charge < -0.3 is 14.6 Å². The van der Waals surface area contributed by atoms with E-state index < -0.39 is 10.8 Å². The first kappa shape index (κ1) is 24.8. The number of carbonyl (C=O) groups is 1. The maximum atomic E-state index is 13.1. The van der Waals surface area contributed by atoms with Crippen molar-refractivity contribution >= 4 is 45.7 Å². The standard InChI is InChI=1S/C28H27ClN4O4/c1-17(2)18-8-11-26-23(14-18)31-28(37-26)20-6-9-21(29)22(15-20)30-27(34)19-7-10-24(25(16-19)33(35)36)32-12-4-3-5-13-32/h6-11,14-17H,3-5,12-13H2,1-2H3,(H,30,34). The van der Waals surface area contributed by atoms with Crippen LogP contribution in [-0.2, 0) is 0 Å². The van der Waals surface area contributed by atoms with E-state index in [4.69, 9.17) is 16.0 Å². The molecule has 0 spiro atoms. The maximum absolute atomic E-state index is 13.1. The molecule has 1 aliphatic heterocycles. The predicted molar refractivity (Wildman–Crippen MR) is 146 cm³/mol. The second kappa shape index (κ2) is 10.2. The summed E-state index contributed by atoms with van der Waals surface area (Å²) in [6, 6.07) is 15.6. The van der Waals surface area contributed by atoms with Crippen molar-refractivity contribution in [2.75, 3.05) is 23.3 Å². The Bertz CT molecular complexity index is 1490. The number of anilines is 2. The van der Waals surface area contributed by atoms with E-state index in [-0.39, 0.29) is 11.3 Å². The molecule has 1 aliphatic rings. The minimum atomic E-state index is -0.494. The van der Waals surface area contributed by atoms with Crippen molar-refractivity contribution in [3.63, 3.8) is 0 Å². The van der Waals surface area contributed by atoms with Gasteiger partial charge in [0.05, 0.1) is 15.6 Å². The first-order valence-electron chi connectivity index (χ1n) is 12.4. The van der Waals surface area contributed by atoms with Crippen molar-refractivity contribution in [2.45, 2.75) is 39.0 Å². The third kappa shape index (κ3) is 5.15. The summed E-state index contributed by atoms with van der Waals surface area (Å²) in [5.41, 5.74) is 4.22. The molecule has 1 fully saturated rings. The van der Waals surface area contributed by atoms with E-state index in [2.05, 4.69) is 24.1 Å². The number of fused-ring (bicyclic) bond motifs is 1. The van der Waals surface area contributed by atoms with E-state index in [0.717, 1.165) is 43.4 Å². The van der Waals surface area contributed by atoms with Crippen LogP contribution in [0.1, 0.15) is 54.9 Å². The van der Waals surface area contributed by atoms with Crippen molar-refractivity contribution in [2.24, 2.45) is 0 Å². The highest BCUT2D eigenvalue weighted by atomic mass is 35.5. The summed E-state index contributed by atoms with van der Waals surface area (Å²) in [5, 5.41) is 14.9. The lowest BCUT2D eigenvalue weighted by Crippen LogP contribution is -2.30. The van der Waals surface area contributed by atoms with Crippen LogP contribution in [0, 0.1) is 10.1 Å². The molecular weight excluding hydrogens is 492 g/mol. The number of aromatic nitrogens is 1. The average Bonchev–Trinajstić information content (AvgIpc) is 3.33. The quantitative estimate of drug-likeness (QED) is 0.210. The highest BCUT2D eigenvalue weighted by Gasteiger charge is 2.23. The van der Waals surface area contributed by atoms with Gasteiger partial charge in [0.1, 0.15) is 11.2 Å². The molecule has 9 heteroatoms. The highest BCUT2D eigenvalue weighted by molar-refractivity contribution is 6.34. The van der Waals surface area contributed by atoms with Crippen LogP contribution >= 0.6 is 11.6 Å². The molecule has 0 aliphatic carbocycles. The molecule has 2 heterocycles. The molecule has 5 rings (SSSR count). The topological polar surface area (TPSA) is 102 Å². The van der Waals surface area contributed by atoms with Gasteiger partial charge in [0.2, 0.25) is 5.89 Å². The van der Waals surface area contributed by atoms with E-state index in [1.54, 1.807) is 30.3 Å². The van der Waals surface area contributed by atoms with E-state index >= 15 is 0 Å². The van der Waals surface area contributed by atoms with E-state index in [1.807, 2.05) is 23.1 Å².